The van der Waals surface area contributed by atoms with Crippen LogP contribution in [-0.2, 0) is 0 Å². The zero-order valence-electron chi connectivity index (χ0n) is 26.5. The van der Waals surface area contributed by atoms with Crippen molar-refractivity contribution in [1.29, 1.82) is 0 Å². The number of benzene rings is 6. The fourth-order valence-electron chi connectivity index (χ4n) is 7.06. The normalized spacial score (nSPS) is 11.9. The van der Waals surface area contributed by atoms with Crippen molar-refractivity contribution < 1.29 is 22.9 Å². The van der Waals surface area contributed by atoms with Gasteiger partial charge in [-0.3, -0.25) is 0 Å². The minimum Gasteiger partial charge on any atom is -0.492 e. The second-order valence-corrected chi connectivity index (χ2v) is 12.2. The van der Waals surface area contributed by atoms with E-state index in [1.807, 2.05) is 12.1 Å². The second-order valence-electron chi connectivity index (χ2n) is 12.2. The zero-order valence-corrected chi connectivity index (χ0v) is 26.5. The zero-order chi connectivity index (χ0) is 32.6. The Labute approximate surface area is 275 Å². The Bertz CT molecular complexity index is 3060. The summed E-state index contributed by atoms with van der Waals surface area (Å²) in [6, 6.07) is 41.7. The van der Waals surface area contributed by atoms with Gasteiger partial charge < -0.3 is 18.3 Å². The Morgan fingerprint density at radius 3 is 1.08 bits per heavy atom. The molecule has 16 bridgehead atoms. The van der Waals surface area contributed by atoms with Gasteiger partial charge in [-0.1, -0.05) is 109 Å². The number of furan rings is 2. The molecule has 6 aromatic carbocycles. The highest BCUT2D eigenvalue weighted by atomic mass is 16.6. The van der Waals surface area contributed by atoms with Gasteiger partial charge in [0.15, 0.2) is 22.7 Å². The van der Waals surface area contributed by atoms with Crippen molar-refractivity contribution >= 4 is 33.0 Å². The van der Waals surface area contributed by atoms with E-state index in [4.69, 9.17) is 22.9 Å². The fraction of sp³-hybridized carbons (Fsp3) is 0.0476. The van der Waals surface area contributed by atoms with Crippen LogP contribution in [0.3, 0.4) is 0 Å². The summed E-state index contributed by atoms with van der Waals surface area (Å²) in [5.74, 6) is 1.20. The number of ether oxygens (including phenoxy) is 2. The van der Waals surface area contributed by atoms with Gasteiger partial charge in [0.05, 0.1) is 25.0 Å². The molecule has 0 unspecified atom stereocenters. The lowest BCUT2D eigenvalue weighted by Crippen LogP contribution is -1.88. The summed E-state index contributed by atoms with van der Waals surface area (Å²) >= 11 is 0. The van der Waals surface area contributed by atoms with Crippen LogP contribution in [0.4, 0.5) is 0 Å². The maximum absolute atomic E-state index is 6.48. The van der Waals surface area contributed by atoms with Gasteiger partial charge in [-0.2, -0.15) is 0 Å². The molecule has 0 radical (unpaired) electrons. The summed E-state index contributed by atoms with van der Waals surface area (Å²) in [5, 5.41) is 20.4. The van der Waals surface area contributed by atoms with Gasteiger partial charge in [0.1, 0.15) is 21.9 Å². The maximum atomic E-state index is 6.48. The van der Waals surface area contributed by atoms with Crippen molar-refractivity contribution in [2.45, 2.75) is 0 Å². The van der Waals surface area contributed by atoms with Crippen molar-refractivity contribution in [2.75, 3.05) is 14.2 Å². The Hall–Kier alpha value is -6.60. The molecule has 3 aromatic heterocycles. The number of hydrogen-bond donors (Lipinski definition) is 0. The standard InChI is InChI=1S/C42H26N2O5/c1-45-39-33-21-35-29-15-7-25(8-16-29)23-3-11-27(12-4-23)31-19-20-32(38-37(31)43-49-44-38)28-13-5-24(6-14-28)26-9-17-30(18-10-26)36-22-34(41(39)47-36)40(46-2)42(33)48-35/h3-22H,1-2H3. The topological polar surface area (TPSA) is 83.7 Å². The molecule has 7 nitrogen and oxygen atoms in total. The van der Waals surface area contributed by atoms with Crippen LogP contribution in [0.1, 0.15) is 0 Å². The van der Waals surface area contributed by atoms with E-state index in [0.717, 1.165) is 74.0 Å². The molecule has 7 heteroatoms. The average Bonchev–Trinajstić information content (AvgIpc) is 3.93. The van der Waals surface area contributed by atoms with Crippen LogP contribution in [0.25, 0.3) is 33.0 Å². The van der Waals surface area contributed by atoms with Crippen molar-refractivity contribution in [1.82, 2.24) is 10.3 Å². The van der Waals surface area contributed by atoms with Gasteiger partial charge in [0.25, 0.3) is 0 Å². The third kappa shape index (κ3) is 4.15. The highest BCUT2D eigenvalue weighted by Crippen LogP contribution is 2.44. The molecule has 12 aliphatic heterocycles. The maximum Gasteiger partial charge on any atom is 0.181 e. The van der Waals surface area contributed by atoms with Crippen LogP contribution in [0, 0.1) is 63.0 Å². The Kier molecular flexibility index (Phi) is 5.87. The molecule has 49 heavy (non-hydrogen) atoms. The van der Waals surface area contributed by atoms with E-state index in [0.29, 0.717) is 33.5 Å². The van der Waals surface area contributed by atoms with E-state index < -0.39 is 0 Å². The fourth-order valence-corrected chi connectivity index (χ4v) is 7.06. The molecule has 0 spiro atoms. The molecule has 0 amide bonds. The highest BCUT2D eigenvalue weighted by molar-refractivity contribution is 6.07. The third-order valence-electron chi connectivity index (χ3n) is 9.59. The van der Waals surface area contributed by atoms with Crippen molar-refractivity contribution in [3.63, 3.8) is 0 Å². The molecular formula is C42H26N2O5. The van der Waals surface area contributed by atoms with Crippen LogP contribution in [0.15, 0.2) is 135 Å². The van der Waals surface area contributed by atoms with E-state index in [2.05, 4.69) is 120 Å². The van der Waals surface area contributed by atoms with Crippen LogP contribution >= 0.6 is 0 Å². The van der Waals surface area contributed by atoms with Gasteiger partial charge in [0, 0.05) is 20.9 Å². The monoisotopic (exact) mass is 638 g/mol. The van der Waals surface area contributed by atoms with Crippen molar-refractivity contribution in [3.05, 3.63) is 184 Å². The first kappa shape index (κ1) is 27.5. The smallest absolute Gasteiger partial charge is 0.181 e. The van der Waals surface area contributed by atoms with Gasteiger partial charge in [-0.25, -0.2) is 4.63 Å². The summed E-state index contributed by atoms with van der Waals surface area (Å²) in [6.07, 6.45) is 0. The van der Waals surface area contributed by atoms with Crippen LogP contribution < -0.4 is 9.47 Å². The first-order valence-corrected chi connectivity index (χ1v) is 16.0. The quantitative estimate of drug-likeness (QED) is 0.187. The SMILES string of the molecule is COc1c2cc3oc2c(OC)c2cc(oc12)=c1ccc(cc1)=c1ccc(cc1)=c1ccc(c2nonc12)=c1ccc(cc1)=c1ccc=3cc1. The van der Waals surface area contributed by atoms with Crippen molar-refractivity contribution in [2.24, 2.45) is 0 Å². The summed E-state index contributed by atoms with van der Waals surface area (Å²) in [7, 11) is 3.30. The number of aromatic nitrogens is 2. The summed E-state index contributed by atoms with van der Waals surface area (Å²) < 4.78 is 30.1. The molecule has 0 saturated carbocycles. The van der Waals surface area contributed by atoms with E-state index in [-0.39, 0.29) is 0 Å². The predicted octanol–water partition coefficient (Wildman–Crippen LogP) is 8.77. The van der Waals surface area contributed by atoms with Crippen LogP contribution in [0.5, 0.6) is 11.5 Å². The second kappa shape index (κ2) is 10.5. The molecular weight excluding hydrogens is 612 g/mol. The summed E-state index contributed by atoms with van der Waals surface area (Å²) in [6.45, 7) is 0. The Morgan fingerprint density at radius 2 is 0.735 bits per heavy atom. The van der Waals surface area contributed by atoms with E-state index in [1.165, 1.54) is 0 Å². The lowest BCUT2D eigenvalue weighted by molar-refractivity contribution is 0.315. The van der Waals surface area contributed by atoms with Gasteiger partial charge in [0.2, 0.25) is 0 Å². The first-order chi connectivity index (χ1) is 24.2. The molecule has 0 fully saturated rings. The molecule has 15 heterocycles. The largest absolute Gasteiger partial charge is 0.492 e. The van der Waals surface area contributed by atoms with Gasteiger partial charge in [-0.05, 0) is 53.8 Å². The van der Waals surface area contributed by atoms with Gasteiger partial charge in [-0.15, -0.1) is 0 Å². The molecule has 21 rings (SSSR count). The molecule has 0 atom stereocenters. The minimum atomic E-state index is 0.602. The van der Waals surface area contributed by atoms with Crippen molar-refractivity contribution in [3.8, 4) is 11.5 Å². The highest BCUT2D eigenvalue weighted by Gasteiger charge is 2.21. The Morgan fingerprint density at radius 1 is 0.408 bits per heavy atom. The summed E-state index contributed by atoms with van der Waals surface area (Å²) in [5.41, 5.74) is 4.08. The molecule has 12 aliphatic rings. The van der Waals surface area contributed by atoms with E-state index in [1.54, 1.807) is 14.2 Å². The van der Waals surface area contributed by atoms with E-state index in [9.17, 15) is 0 Å². The van der Waals surface area contributed by atoms with Gasteiger partial charge >= 0.3 is 0 Å². The lowest BCUT2D eigenvalue weighted by atomic mass is 10.1. The summed E-state index contributed by atoms with van der Waals surface area (Å²) in [4.78, 5) is 0. The Balaban J connectivity index is 1.37. The molecule has 0 saturated heterocycles. The van der Waals surface area contributed by atoms with Crippen LogP contribution in [0.2, 0.25) is 0 Å². The van der Waals surface area contributed by atoms with Crippen LogP contribution in [-0.4, -0.2) is 24.5 Å². The number of nitrogens with zero attached hydrogens (tertiary/aromatic N) is 2. The molecule has 0 N–H and O–H groups in total. The predicted molar refractivity (Wildman–Crippen MR) is 183 cm³/mol. The average molecular weight is 639 g/mol. The molecule has 0 aliphatic carbocycles. The molecule has 9 aromatic rings. The number of rotatable bonds is 2. The first-order valence-electron chi connectivity index (χ1n) is 16.0. The van der Waals surface area contributed by atoms with E-state index >= 15 is 0 Å². The number of hydrogen-bond acceptors (Lipinski definition) is 7. The minimum absolute atomic E-state index is 0.602. The number of methoxy groups -OCH3 is 2. The lowest BCUT2D eigenvalue weighted by Gasteiger charge is -2.06. The third-order valence-corrected chi connectivity index (χ3v) is 9.59. The molecule has 234 valence electrons.